The van der Waals surface area contributed by atoms with Gasteiger partial charge >= 0.3 is 0 Å². The van der Waals surface area contributed by atoms with Gasteiger partial charge in [-0.15, -0.1) is 0 Å². The Balaban J connectivity index is 1.98. The van der Waals surface area contributed by atoms with E-state index in [0.717, 1.165) is 24.8 Å². The lowest BCUT2D eigenvalue weighted by Gasteiger charge is -2.08. The number of amides is 1. The summed E-state index contributed by atoms with van der Waals surface area (Å²) in [6.07, 6.45) is 3.27. The fraction of sp³-hybridized carbons (Fsp3) is 0.316. The van der Waals surface area contributed by atoms with E-state index < -0.39 is 21.5 Å². The van der Waals surface area contributed by atoms with Crippen LogP contribution in [-0.2, 0) is 21.1 Å². The molecule has 0 fully saturated rings. The van der Waals surface area contributed by atoms with Crippen LogP contribution < -0.4 is 5.32 Å². The van der Waals surface area contributed by atoms with Crippen molar-refractivity contribution in [1.29, 1.82) is 0 Å². The van der Waals surface area contributed by atoms with E-state index in [1.807, 2.05) is 19.1 Å². The molecule has 2 aromatic carbocycles. The Labute approximate surface area is 143 Å². The van der Waals surface area contributed by atoms with Crippen LogP contribution in [-0.4, -0.2) is 20.1 Å². The highest BCUT2D eigenvalue weighted by molar-refractivity contribution is 7.92. The molecule has 0 saturated carbocycles. The van der Waals surface area contributed by atoms with Gasteiger partial charge in [-0.1, -0.05) is 43.2 Å². The molecule has 128 valence electrons. The van der Waals surface area contributed by atoms with Gasteiger partial charge in [0, 0.05) is 5.69 Å². The molecule has 5 heteroatoms. The van der Waals surface area contributed by atoms with Gasteiger partial charge in [0.15, 0.2) is 9.84 Å². The van der Waals surface area contributed by atoms with Crippen LogP contribution in [0, 0.1) is 6.92 Å². The average molecular weight is 345 g/mol. The van der Waals surface area contributed by atoms with Gasteiger partial charge in [-0.05, 0) is 49.6 Å². The minimum Gasteiger partial charge on any atom is -0.325 e. The van der Waals surface area contributed by atoms with Gasteiger partial charge in [-0.2, -0.15) is 0 Å². The Morgan fingerprint density at radius 3 is 2.21 bits per heavy atom. The van der Waals surface area contributed by atoms with E-state index in [0.29, 0.717) is 5.69 Å². The maximum atomic E-state index is 12.3. The number of carbonyl (C=O) groups is 1. The van der Waals surface area contributed by atoms with Gasteiger partial charge in [0.25, 0.3) is 0 Å². The predicted molar refractivity (Wildman–Crippen MR) is 96.9 cm³/mol. The van der Waals surface area contributed by atoms with Crippen LogP contribution in [0.5, 0.6) is 0 Å². The molecule has 1 N–H and O–H groups in total. The second kappa shape index (κ2) is 8.11. The van der Waals surface area contributed by atoms with E-state index in [1.165, 1.54) is 17.7 Å². The van der Waals surface area contributed by atoms with Crippen LogP contribution in [0.4, 0.5) is 5.69 Å². The van der Waals surface area contributed by atoms with Crippen molar-refractivity contribution in [2.45, 2.75) is 38.0 Å². The first-order valence-corrected chi connectivity index (χ1v) is 9.74. The van der Waals surface area contributed by atoms with Crippen LogP contribution >= 0.6 is 0 Å². The summed E-state index contributed by atoms with van der Waals surface area (Å²) in [6, 6.07) is 14.0. The first kappa shape index (κ1) is 18.2. The van der Waals surface area contributed by atoms with Crippen LogP contribution in [0.1, 0.15) is 30.9 Å². The van der Waals surface area contributed by atoms with Crippen molar-refractivity contribution in [3.8, 4) is 0 Å². The summed E-state index contributed by atoms with van der Waals surface area (Å²) in [6.45, 7) is 4.02. The molecule has 0 atom stereocenters. The maximum Gasteiger partial charge on any atom is 0.239 e. The van der Waals surface area contributed by atoms with Crippen molar-refractivity contribution >= 4 is 21.4 Å². The largest absolute Gasteiger partial charge is 0.325 e. The minimum atomic E-state index is -3.63. The number of anilines is 1. The van der Waals surface area contributed by atoms with Crippen molar-refractivity contribution in [2.24, 2.45) is 0 Å². The molecule has 0 aliphatic rings. The predicted octanol–water partition coefficient (Wildman–Crippen LogP) is 3.75. The van der Waals surface area contributed by atoms with Crippen LogP contribution in [0.25, 0.3) is 0 Å². The van der Waals surface area contributed by atoms with Gasteiger partial charge in [-0.3, -0.25) is 4.79 Å². The van der Waals surface area contributed by atoms with E-state index in [2.05, 4.69) is 12.2 Å². The Bertz CT molecular complexity index is 778. The number of carbonyl (C=O) groups excluding carboxylic acids is 1. The van der Waals surface area contributed by atoms with Gasteiger partial charge < -0.3 is 5.32 Å². The summed E-state index contributed by atoms with van der Waals surface area (Å²) < 4.78 is 24.5. The van der Waals surface area contributed by atoms with E-state index >= 15 is 0 Å². The first-order valence-electron chi connectivity index (χ1n) is 8.09. The molecule has 2 rings (SSSR count). The number of aryl methyl sites for hydroxylation is 2. The van der Waals surface area contributed by atoms with Crippen molar-refractivity contribution in [1.82, 2.24) is 0 Å². The molecule has 0 bridgehead atoms. The highest BCUT2D eigenvalue weighted by atomic mass is 32.2. The zero-order valence-electron chi connectivity index (χ0n) is 14.1. The molecule has 0 unspecified atom stereocenters. The number of rotatable bonds is 7. The van der Waals surface area contributed by atoms with E-state index in [4.69, 9.17) is 0 Å². The molecule has 2 aromatic rings. The third kappa shape index (κ3) is 5.20. The summed E-state index contributed by atoms with van der Waals surface area (Å²) in [5, 5.41) is 2.64. The standard InChI is InChI=1S/C19H23NO3S/c1-3-4-5-16-8-10-17(11-9-16)20-19(21)14-24(22,23)18-12-6-15(2)7-13-18/h6-13H,3-5,14H2,1-2H3,(H,20,21). The molecule has 0 saturated heterocycles. The van der Waals surface area contributed by atoms with E-state index in [1.54, 1.807) is 24.3 Å². The number of hydrogen-bond donors (Lipinski definition) is 1. The molecule has 0 aromatic heterocycles. The number of benzene rings is 2. The van der Waals surface area contributed by atoms with E-state index in [9.17, 15) is 13.2 Å². The smallest absolute Gasteiger partial charge is 0.239 e. The zero-order chi connectivity index (χ0) is 17.6. The molecule has 0 radical (unpaired) electrons. The van der Waals surface area contributed by atoms with E-state index in [-0.39, 0.29) is 4.90 Å². The van der Waals surface area contributed by atoms with Crippen molar-refractivity contribution in [2.75, 3.05) is 11.1 Å². The third-order valence-electron chi connectivity index (χ3n) is 3.76. The molecule has 0 spiro atoms. The summed E-state index contributed by atoms with van der Waals surface area (Å²) in [5.74, 6) is -1.09. The fourth-order valence-corrected chi connectivity index (χ4v) is 3.47. The number of sulfone groups is 1. The minimum absolute atomic E-state index is 0.165. The van der Waals surface area contributed by atoms with Gasteiger partial charge in [0.1, 0.15) is 5.75 Å². The second-order valence-electron chi connectivity index (χ2n) is 5.92. The lowest BCUT2D eigenvalue weighted by atomic mass is 10.1. The summed E-state index contributed by atoms with van der Waals surface area (Å²) >= 11 is 0. The normalized spacial score (nSPS) is 11.2. The number of hydrogen-bond acceptors (Lipinski definition) is 3. The second-order valence-corrected chi connectivity index (χ2v) is 7.91. The first-order chi connectivity index (χ1) is 11.4. The molecular formula is C19H23NO3S. The molecule has 0 aliphatic carbocycles. The SMILES string of the molecule is CCCCc1ccc(NC(=O)CS(=O)(=O)c2ccc(C)cc2)cc1. The quantitative estimate of drug-likeness (QED) is 0.831. The topological polar surface area (TPSA) is 63.2 Å². The Hall–Kier alpha value is -2.14. The fourth-order valence-electron chi connectivity index (χ4n) is 2.33. The van der Waals surface area contributed by atoms with Gasteiger partial charge in [0.05, 0.1) is 4.90 Å². The maximum absolute atomic E-state index is 12.3. The van der Waals surface area contributed by atoms with Crippen molar-refractivity contribution in [3.05, 3.63) is 59.7 Å². The summed E-state index contributed by atoms with van der Waals surface area (Å²) in [4.78, 5) is 12.2. The third-order valence-corrected chi connectivity index (χ3v) is 5.39. The van der Waals surface area contributed by atoms with Crippen molar-refractivity contribution in [3.63, 3.8) is 0 Å². The zero-order valence-corrected chi connectivity index (χ0v) is 14.9. The molecular weight excluding hydrogens is 322 g/mol. The molecule has 1 amide bonds. The summed E-state index contributed by atoms with van der Waals surface area (Å²) in [7, 11) is -3.63. The number of nitrogens with one attached hydrogen (secondary N) is 1. The van der Waals surface area contributed by atoms with Crippen LogP contribution in [0.3, 0.4) is 0 Å². The average Bonchev–Trinajstić information content (AvgIpc) is 2.54. The number of unbranched alkanes of at least 4 members (excludes halogenated alkanes) is 1. The van der Waals surface area contributed by atoms with Crippen LogP contribution in [0.2, 0.25) is 0 Å². The molecule has 0 heterocycles. The van der Waals surface area contributed by atoms with Crippen LogP contribution in [0.15, 0.2) is 53.4 Å². The molecule has 0 aliphatic heterocycles. The lowest BCUT2D eigenvalue weighted by Crippen LogP contribution is -2.23. The summed E-state index contributed by atoms with van der Waals surface area (Å²) in [5.41, 5.74) is 2.79. The molecule has 24 heavy (non-hydrogen) atoms. The highest BCUT2D eigenvalue weighted by Crippen LogP contribution is 2.14. The Morgan fingerprint density at radius 2 is 1.62 bits per heavy atom. The highest BCUT2D eigenvalue weighted by Gasteiger charge is 2.19. The molecule has 4 nitrogen and oxygen atoms in total. The van der Waals surface area contributed by atoms with Gasteiger partial charge in [0.2, 0.25) is 5.91 Å². The Morgan fingerprint density at radius 1 is 1.00 bits per heavy atom. The Kier molecular flexibility index (Phi) is 6.15. The monoisotopic (exact) mass is 345 g/mol. The van der Waals surface area contributed by atoms with Gasteiger partial charge in [-0.25, -0.2) is 8.42 Å². The van der Waals surface area contributed by atoms with Crippen molar-refractivity contribution < 1.29 is 13.2 Å². The lowest BCUT2D eigenvalue weighted by molar-refractivity contribution is -0.113.